The van der Waals surface area contributed by atoms with Crippen LogP contribution in [0.25, 0.3) is 10.9 Å². The molecule has 1 aromatic carbocycles. The molecule has 1 aliphatic rings. The number of para-hydroxylation sites is 1. The quantitative estimate of drug-likeness (QED) is 0.874. The largest absolute Gasteiger partial charge is 0.360 e. The minimum atomic E-state index is 0.219. The van der Waals surface area contributed by atoms with Crippen molar-refractivity contribution >= 4 is 28.4 Å². The molecule has 0 saturated carbocycles. The Kier molecular flexibility index (Phi) is 3.62. The van der Waals surface area contributed by atoms with Crippen molar-refractivity contribution in [1.29, 1.82) is 0 Å². The highest BCUT2D eigenvalue weighted by molar-refractivity contribution is 7.99. The average Bonchev–Trinajstić information content (AvgIpc) is 2.82. The number of hydrogen-bond acceptors (Lipinski definition) is 3. The molecule has 0 aliphatic carbocycles. The fraction of sp³-hybridized carbons (Fsp3) is 0.400. The normalized spacial score (nSPS) is 20.8. The summed E-state index contributed by atoms with van der Waals surface area (Å²) in [7, 11) is 0. The van der Waals surface area contributed by atoms with Gasteiger partial charge in [0.15, 0.2) is 5.78 Å². The number of ketones is 1. The van der Waals surface area contributed by atoms with E-state index in [1.807, 2.05) is 42.2 Å². The molecular formula is C15H18N2OS. The smallest absolute Gasteiger partial charge is 0.178 e. The molecule has 0 amide bonds. The third kappa shape index (κ3) is 2.69. The zero-order chi connectivity index (χ0) is 13.2. The highest BCUT2D eigenvalue weighted by atomic mass is 32.2. The van der Waals surface area contributed by atoms with Crippen molar-refractivity contribution < 1.29 is 4.79 Å². The molecule has 1 atom stereocenters. The second-order valence-corrected chi connectivity index (χ2v) is 6.63. The summed E-state index contributed by atoms with van der Waals surface area (Å²) in [6.07, 6.45) is 1.84. The lowest BCUT2D eigenvalue weighted by molar-refractivity contribution is 0.0935. The van der Waals surface area contributed by atoms with E-state index in [1.165, 1.54) is 0 Å². The maximum Gasteiger partial charge on any atom is 0.178 e. The molecule has 0 bridgehead atoms. The summed E-state index contributed by atoms with van der Waals surface area (Å²) in [5, 5.41) is 1.66. The molecule has 3 nitrogen and oxygen atoms in total. The Morgan fingerprint density at radius 2 is 2.32 bits per heavy atom. The molecule has 3 rings (SSSR count). The van der Waals surface area contributed by atoms with Crippen LogP contribution in [-0.4, -0.2) is 46.3 Å². The van der Waals surface area contributed by atoms with Crippen LogP contribution in [0, 0.1) is 0 Å². The number of nitrogens with zero attached hydrogens (tertiary/aromatic N) is 1. The molecule has 0 radical (unpaired) electrons. The van der Waals surface area contributed by atoms with Crippen LogP contribution in [0.4, 0.5) is 0 Å². The van der Waals surface area contributed by atoms with Gasteiger partial charge in [0, 0.05) is 46.8 Å². The first-order chi connectivity index (χ1) is 9.24. The molecule has 19 heavy (non-hydrogen) atoms. The minimum absolute atomic E-state index is 0.219. The SMILES string of the molecule is CC1CN(CC(=O)c2c[nH]c3ccccc23)CCS1. The summed E-state index contributed by atoms with van der Waals surface area (Å²) in [5.74, 6) is 1.35. The zero-order valence-corrected chi connectivity index (χ0v) is 11.9. The number of rotatable bonds is 3. The van der Waals surface area contributed by atoms with Crippen molar-refractivity contribution in [2.75, 3.05) is 25.4 Å². The van der Waals surface area contributed by atoms with Crippen molar-refractivity contribution in [3.05, 3.63) is 36.0 Å². The molecule has 1 unspecified atom stereocenters. The second kappa shape index (κ2) is 5.39. The maximum absolute atomic E-state index is 12.4. The Balaban J connectivity index is 1.76. The van der Waals surface area contributed by atoms with Crippen molar-refractivity contribution in [1.82, 2.24) is 9.88 Å². The molecule has 1 aromatic heterocycles. The van der Waals surface area contributed by atoms with E-state index in [0.717, 1.165) is 35.3 Å². The summed E-state index contributed by atoms with van der Waals surface area (Å²) in [6.45, 7) is 4.79. The zero-order valence-electron chi connectivity index (χ0n) is 11.1. The van der Waals surface area contributed by atoms with Crippen molar-refractivity contribution in [2.45, 2.75) is 12.2 Å². The number of thioether (sulfide) groups is 1. The number of fused-ring (bicyclic) bond motifs is 1. The lowest BCUT2D eigenvalue weighted by atomic mass is 10.1. The van der Waals surface area contributed by atoms with Gasteiger partial charge in [-0.3, -0.25) is 9.69 Å². The first-order valence-electron chi connectivity index (χ1n) is 6.67. The van der Waals surface area contributed by atoms with E-state index in [9.17, 15) is 4.79 Å². The summed E-state index contributed by atoms with van der Waals surface area (Å²) in [5.41, 5.74) is 1.86. The minimum Gasteiger partial charge on any atom is -0.360 e. The highest BCUT2D eigenvalue weighted by Crippen LogP contribution is 2.21. The molecule has 1 fully saturated rings. The molecule has 1 N–H and O–H groups in total. The third-order valence-electron chi connectivity index (χ3n) is 3.58. The highest BCUT2D eigenvalue weighted by Gasteiger charge is 2.20. The van der Waals surface area contributed by atoms with E-state index in [1.54, 1.807) is 0 Å². The number of nitrogens with one attached hydrogen (secondary N) is 1. The fourth-order valence-corrected chi connectivity index (χ4v) is 3.71. The molecule has 4 heteroatoms. The predicted molar refractivity (Wildman–Crippen MR) is 81.0 cm³/mol. The topological polar surface area (TPSA) is 36.1 Å². The van der Waals surface area contributed by atoms with Crippen LogP contribution in [0.5, 0.6) is 0 Å². The van der Waals surface area contributed by atoms with E-state index in [0.29, 0.717) is 11.8 Å². The van der Waals surface area contributed by atoms with E-state index < -0.39 is 0 Å². The number of H-pyrrole nitrogens is 1. The summed E-state index contributed by atoms with van der Waals surface area (Å²) in [6, 6.07) is 7.97. The number of carbonyl (C=O) groups is 1. The molecule has 1 aliphatic heterocycles. The van der Waals surface area contributed by atoms with Gasteiger partial charge < -0.3 is 4.98 Å². The van der Waals surface area contributed by atoms with E-state index in [-0.39, 0.29) is 5.78 Å². The van der Waals surface area contributed by atoms with Crippen molar-refractivity contribution in [3.8, 4) is 0 Å². The first-order valence-corrected chi connectivity index (χ1v) is 7.72. The van der Waals surface area contributed by atoms with Gasteiger partial charge in [0.25, 0.3) is 0 Å². The van der Waals surface area contributed by atoms with Gasteiger partial charge in [-0.05, 0) is 6.07 Å². The van der Waals surface area contributed by atoms with Gasteiger partial charge in [-0.2, -0.15) is 11.8 Å². The Bertz CT molecular complexity index is 593. The van der Waals surface area contributed by atoms with E-state index in [4.69, 9.17) is 0 Å². The van der Waals surface area contributed by atoms with Crippen molar-refractivity contribution in [3.63, 3.8) is 0 Å². The monoisotopic (exact) mass is 274 g/mol. The van der Waals surface area contributed by atoms with Gasteiger partial charge in [0.1, 0.15) is 0 Å². The van der Waals surface area contributed by atoms with Gasteiger partial charge in [0.05, 0.1) is 6.54 Å². The Morgan fingerprint density at radius 3 is 3.16 bits per heavy atom. The van der Waals surface area contributed by atoms with Gasteiger partial charge in [-0.1, -0.05) is 25.1 Å². The summed E-state index contributed by atoms with van der Waals surface area (Å²) in [4.78, 5) is 17.9. The Hall–Kier alpha value is -1.26. The fourth-order valence-electron chi connectivity index (χ4n) is 2.62. The van der Waals surface area contributed by atoms with E-state index in [2.05, 4.69) is 16.8 Å². The molecule has 2 heterocycles. The molecule has 2 aromatic rings. The van der Waals surface area contributed by atoms with Crippen LogP contribution in [0.15, 0.2) is 30.5 Å². The molecule has 100 valence electrons. The summed E-state index contributed by atoms with van der Waals surface area (Å²) < 4.78 is 0. The second-order valence-electron chi connectivity index (χ2n) is 5.09. The van der Waals surface area contributed by atoms with Crippen LogP contribution < -0.4 is 0 Å². The first kappa shape index (κ1) is 12.8. The standard InChI is InChI=1S/C15H18N2OS/c1-11-9-17(6-7-19-11)10-15(18)13-8-16-14-5-3-2-4-12(13)14/h2-5,8,11,16H,6-7,9-10H2,1H3. The van der Waals surface area contributed by atoms with Gasteiger partial charge in [-0.25, -0.2) is 0 Å². The number of Topliss-reactive ketones (excluding diaryl/α,β-unsaturated/α-hetero) is 1. The Morgan fingerprint density at radius 1 is 1.47 bits per heavy atom. The molecule has 1 saturated heterocycles. The number of benzene rings is 1. The number of carbonyl (C=O) groups excluding carboxylic acids is 1. The van der Waals surface area contributed by atoms with Crippen LogP contribution in [0.1, 0.15) is 17.3 Å². The summed E-state index contributed by atoms with van der Waals surface area (Å²) >= 11 is 1.99. The number of aromatic amines is 1. The van der Waals surface area contributed by atoms with Crippen LogP contribution >= 0.6 is 11.8 Å². The van der Waals surface area contributed by atoms with Crippen LogP contribution in [0.2, 0.25) is 0 Å². The predicted octanol–water partition coefficient (Wildman–Crippen LogP) is 2.79. The maximum atomic E-state index is 12.4. The number of aromatic nitrogens is 1. The Labute approximate surface area is 117 Å². The van der Waals surface area contributed by atoms with Gasteiger partial charge >= 0.3 is 0 Å². The van der Waals surface area contributed by atoms with Gasteiger partial charge in [-0.15, -0.1) is 0 Å². The lowest BCUT2D eigenvalue weighted by Gasteiger charge is -2.29. The average molecular weight is 274 g/mol. The van der Waals surface area contributed by atoms with Crippen molar-refractivity contribution in [2.24, 2.45) is 0 Å². The molecular weight excluding hydrogens is 256 g/mol. The van der Waals surface area contributed by atoms with Crippen LogP contribution in [-0.2, 0) is 0 Å². The van der Waals surface area contributed by atoms with E-state index >= 15 is 0 Å². The van der Waals surface area contributed by atoms with Crippen LogP contribution in [0.3, 0.4) is 0 Å². The number of hydrogen-bond donors (Lipinski definition) is 1. The van der Waals surface area contributed by atoms with Gasteiger partial charge in [0.2, 0.25) is 0 Å². The molecule has 0 spiro atoms. The lowest BCUT2D eigenvalue weighted by Crippen LogP contribution is -2.39. The third-order valence-corrected chi connectivity index (χ3v) is 4.72.